The zero-order valence-electron chi connectivity index (χ0n) is 14.7. The van der Waals surface area contributed by atoms with Crippen LogP contribution < -0.4 is 4.74 Å². The maximum Gasteiger partial charge on any atom is 0.226 e. The van der Waals surface area contributed by atoms with E-state index in [0.717, 1.165) is 50.7 Å². The Morgan fingerprint density at radius 3 is 2.62 bits per heavy atom. The van der Waals surface area contributed by atoms with Crippen molar-refractivity contribution in [1.82, 2.24) is 19.9 Å². The Morgan fingerprint density at radius 1 is 1.21 bits per heavy atom. The van der Waals surface area contributed by atoms with Crippen LogP contribution in [0.25, 0.3) is 0 Å². The molecule has 1 saturated heterocycles. The topological polar surface area (TPSA) is 54.6 Å². The van der Waals surface area contributed by atoms with Crippen molar-refractivity contribution in [2.24, 2.45) is 0 Å². The maximum atomic E-state index is 5.51. The SMILES string of the molecule is CCc1nc(CN2CCN([C@@H](C)c3ccccc3OC)CC2)no1. The molecule has 0 unspecified atom stereocenters. The van der Waals surface area contributed by atoms with E-state index in [2.05, 4.69) is 39.0 Å². The molecule has 130 valence electrons. The van der Waals surface area contributed by atoms with Gasteiger partial charge in [0.05, 0.1) is 13.7 Å². The third-order valence-electron chi connectivity index (χ3n) is 4.72. The normalized spacial score (nSPS) is 17.8. The monoisotopic (exact) mass is 330 g/mol. The summed E-state index contributed by atoms with van der Waals surface area (Å²) < 4.78 is 10.7. The Kier molecular flexibility index (Phi) is 5.48. The first kappa shape index (κ1) is 16.9. The first-order valence-corrected chi connectivity index (χ1v) is 8.62. The summed E-state index contributed by atoms with van der Waals surface area (Å²) in [6.45, 7) is 9.11. The van der Waals surface area contributed by atoms with E-state index >= 15 is 0 Å². The van der Waals surface area contributed by atoms with Crippen molar-refractivity contribution in [3.8, 4) is 5.75 Å². The third-order valence-corrected chi connectivity index (χ3v) is 4.72. The number of methoxy groups -OCH3 is 1. The average molecular weight is 330 g/mol. The van der Waals surface area contributed by atoms with Gasteiger partial charge in [-0.15, -0.1) is 0 Å². The smallest absolute Gasteiger partial charge is 0.226 e. The highest BCUT2D eigenvalue weighted by molar-refractivity contribution is 5.35. The molecule has 0 spiro atoms. The standard InChI is InChI=1S/C18H26N4O2/c1-4-18-19-17(20-24-18)13-21-9-11-22(12-10-21)14(2)15-7-5-6-8-16(15)23-3/h5-8,14H,4,9-13H2,1-3H3/t14-/m0/s1. The molecule has 0 bridgehead atoms. The predicted octanol–water partition coefficient (Wildman–Crippen LogP) is 2.52. The number of para-hydroxylation sites is 1. The molecule has 0 aliphatic carbocycles. The summed E-state index contributed by atoms with van der Waals surface area (Å²) in [6, 6.07) is 8.62. The Bertz CT molecular complexity index is 650. The van der Waals surface area contributed by atoms with Crippen molar-refractivity contribution in [2.75, 3.05) is 33.3 Å². The molecule has 3 rings (SSSR count). The minimum absolute atomic E-state index is 0.347. The van der Waals surface area contributed by atoms with Gasteiger partial charge in [0.25, 0.3) is 0 Å². The van der Waals surface area contributed by atoms with Crippen LogP contribution in [-0.4, -0.2) is 53.2 Å². The zero-order chi connectivity index (χ0) is 16.9. The van der Waals surface area contributed by atoms with Gasteiger partial charge in [0.2, 0.25) is 5.89 Å². The fourth-order valence-electron chi connectivity index (χ4n) is 3.21. The summed E-state index contributed by atoms with van der Waals surface area (Å²) >= 11 is 0. The van der Waals surface area contributed by atoms with Gasteiger partial charge in [0, 0.05) is 44.2 Å². The lowest BCUT2D eigenvalue weighted by Crippen LogP contribution is -2.46. The van der Waals surface area contributed by atoms with E-state index in [1.807, 2.05) is 19.1 Å². The Labute approximate surface area is 143 Å². The molecule has 24 heavy (non-hydrogen) atoms. The van der Waals surface area contributed by atoms with Crippen molar-refractivity contribution in [1.29, 1.82) is 0 Å². The summed E-state index contributed by atoms with van der Waals surface area (Å²) in [4.78, 5) is 9.28. The maximum absolute atomic E-state index is 5.51. The number of hydrogen-bond acceptors (Lipinski definition) is 6. The lowest BCUT2D eigenvalue weighted by Gasteiger charge is -2.38. The van der Waals surface area contributed by atoms with Crippen LogP contribution >= 0.6 is 0 Å². The zero-order valence-corrected chi connectivity index (χ0v) is 14.7. The number of rotatable bonds is 6. The van der Waals surface area contributed by atoms with E-state index in [1.54, 1.807) is 7.11 Å². The highest BCUT2D eigenvalue weighted by atomic mass is 16.5. The fourth-order valence-corrected chi connectivity index (χ4v) is 3.21. The van der Waals surface area contributed by atoms with Crippen LogP contribution in [0.1, 0.15) is 37.2 Å². The lowest BCUT2D eigenvalue weighted by atomic mass is 10.0. The van der Waals surface area contributed by atoms with E-state index in [1.165, 1.54) is 5.56 Å². The largest absolute Gasteiger partial charge is 0.496 e. The van der Waals surface area contributed by atoms with Gasteiger partial charge in [-0.3, -0.25) is 9.80 Å². The number of aryl methyl sites for hydroxylation is 1. The van der Waals surface area contributed by atoms with Gasteiger partial charge in [-0.25, -0.2) is 0 Å². The molecule has 6 heteroatoms. The van der Waals surface area contributed by atoms with Crippen molar-refractivity contribution in [2.45, 2.75) is 32.9 Å². The number of benzene rings is 1. The molecule has 0 N–H and O–H groups in total. The summed E-state index contributed by atoms with van der Waals surface area (Å²) in [5.41, 5.74) is 1.25. The summed E-state index contributed by atoms with van der Waals surface area (Å²) in [5, 5.41) is 4.05. The van der Waals surface area contributed by atoms with Crippen LogP contribution in [0, 0.1) is 0 Å². The molecular formula is C18H26N4O2. The molecule has 1 aliphatic rings. The minimum atomic E-state index is 0.347. The molecular weight excluding hydrogens is 304 g/mol. The number of piperazine rings is 1. The van der Waals surface area contributed by atoms with Gasteiger partial charge in [-0.1, -0.05) is 30.3 Å². The molecule has 2 aromatic rings. The van der Waals surface area contributed by atoms with Crippen molar-refractivity contribution in [3.05, 3.63) is 41.5 Å². The van der Waals surface area contributed by atoms with Gasteiger partial charge >= 0.3 is 0 Å². The first-order valence-electron chi connectivity index (χ1n) is 8.62. The summed E-state index contributed by atoms with van der Waals surface area (Å²) in [6.07, 6.45) is 0.789. The second-order valence-electron chi connectivity index (χ2n) is 6.19. The van der Waals surface area contributed by atoms with Crippen LogP contribution in [0.2, 0.25) is 0 Å². The second kappa shape index (κ2) is 7.77. The van der Waals surface area contributed by atoms with Gasteiger partial charge in [-0.05, 0) is 13.0 Å². The molecule has 0 amide bonds. The van der Waals surface area contributed by atoms with E-state index in [4.69, 9.17) is 9.26 Å². The number of nitrogens with zero attached hydrogens (tertiary/aromatic N) is 4. The van der Waals surface area contributed by atoms with E-state index in [9.17, 15) is 0 Å². The summed E-state index contributed by atoms with van der Waals surface area (Å²) in [5.74, 6) is 2.47. The number of aromatic nitrogens is 2. The second-order valence-corrected chi connectivity index (χ2v) is 6.19. The summed E-state index contributed by atoms with van der Waals surface area (Å²) in [7, 11) is 1.74. The number of hydrogen-bond donors (Lipinski definition) is 0. The van der Waals surface area contributed by atoms with Gasteiger partial charge in [0.15, 0.2) is 5.82 Å². The predicted molar refractivity (Wildman–Crippen MR) is 91.9 cm³/mol. The van der Waals surface area contributed by atoms with Crippen LogP contribution in [0.4, 0.5) is 0 Å². The van der Waals surface area contributed by atoms with Crippen LogP contribution in [-0.2, 0) is 13.0 Å². The van der Waals surface area contributed by atoms with Crippen molar-refractivity contribution >= 4 is 0 Å². The van der Waals surface area contributed by atoms with Gasteiger partial charge < -0.3 is 9.26 Å². The highest BCUT2D eigenvalue weighted by Crippen LogP contribution is 2.29. The van der Waals surface area contributed by atoms with Crippen LogP contribution in [0.5, 0.6) is 5.75 Å². The molecule has 0 radical (unpaired) electrons. The highest BCUT2D eigenvalue weighted by Gasteiger charge is 2.24. The lowest BCUT2D eigenvalue weighted by molar-refractivity contribution is 0.0947. The molecule has 2 heterocycles. The molecule has 1 aromatic carbocycles. The van der Waals surface area contributed by atoms with Gasteiger partial charge in [-0.2, -0.15) is 4.98 Å². The molecule has 0 saturated carbocycles. The third kappa shape index (κ3) is 3.76. The quantitative estimate of drug-likeness (QED) is 0.811. The van der Waals surface area contributed by atoms with E-state index in [0.29, 0.717) is 11.9 Å². The number of ether oxygens (including phenoxy) is 1. The van der Waals surface area contributed by atoms with Crippen LogP contribution in [0.3, 0.4) is 0 Å². The Morgan fingerprint density at radius 2 is 1.96 bits per heavy atom. The van der Waals surface area contributed by atoms with E-state index in [-0.39, 0.29) is 0 Å². The van der Waals surface area contributed by atoms with Gasteiger partial charge in [0.1, 0.15) is 5.75 Å². The van der Waals surface area contributed by atoms with Crippen molar-refractivity contribution < 1.29 is 9.26 Å². The Balaban J connectivity index is 1.56. The average Bonchev–Trinajstić information content (AvgIpc) is 3.09. The fraction of sp³-hybridized carbons (Fsp3) is 0.556. The molecule has 1 fully saturated rings. The molecule has 1 aromatic heterocycles. The molecule has 6 nitrogen and oxygen atoms in total. The molecule has 1 aliphatic heterocycles. The first-order chi connectivity index (χ1) is 11.7. The minimum Gasteiger partial charge on any atom is -0.496 e. The Hall–Kier alpha value is -1.92. The van der Waals surface area contributed by atoms with Crippen molar-refractivity contribution in [3.63, 3.8) is 0 Å². The molecule has 1 atom stereocenters. The van der Waals surface area contributed by atoms with E-state index < -0.39 is 0 Å². The van der Waals surface area contributed by atoms with Crippen LogP contribution in [0.15, 0.2) is 28.8 Å².